The summed E-state index contributed by atoms with van der Waals surface area (Å²) in [5.41, 5.74) is 3.44. The standard InChI is InChI=1S/C25H27N3O4S/c1-26(2)22-13-7-11-20-19(22)10-8-14-23(20)28(33(30)31)16-6-5-15-24(28)27-21-12-4-3-9-18(21)17-32-25(27)29/h3-4,7-14,24H,5-6,15-17H2,1-2H3/p+1. The van der Waals surface area contributed by atoms with E-state index in [0.717, 1.165) is 46.2 Å². The van der Waals surface area contributed by atoms with Crippen LogP contribution in [-0.2, 0) is 22.6 Å². The zero-order valence-corrected chi connectivity index (χ0v) is 19.6. The molecule has 7 nitrogen and oxygen atoms in total. The Morgan fingerprint density at radius 1 is 1.03 bits per heavy atom. The van der Waals surface area contributed by atoms with Crippen LogP contribution in [0.5, 0.6) is 0 Å². The molecule has 8 heteroatoms. The normalized spacial score (nSPS) is 23.7. The lowest BCUT2D eigenvalue weighted by Gasteiger charge is -2.47. The summed E-state index contributed by atoms with van der Waals surface area (Å²) in [6.07, 6.45) is 1.22. The number of amides is 1. The molecule has 3 atom stereocenters. The summed E-state index contributed by atoms with van der Waals surface area (Å²) in [5.74, 6) is 0. The summed E-state index contributed by atoms with van der Waals surface area (Å²) in [6, 6.07) is 19.5. The first-order valence-corrected chi connectivity index (χ1v) is 12.2. The van der Waals surface area contributed by atoms with Crippen molar-refractivity contribution in [3.8, 4) is 0 Å². The molecule has 2 heterocycles. The fraction of sp³-hybridized carbons (Fsp3) is 0.320. The van der Waals surface area contributed by atoms with Gasteiger partial charge in [-0.2, -0.15) is 8.10 Å². The van der Waals surface area contributed by atoms with E-state index in [1.165, 1.54) is 0 Å². The molecule has 172 valence electrons. The van der Waals surface area contributed by atoms with Crippen molar-refractivity contribution in [2.75, 3.05) is 30.4 Å². The molecule has 3 aromatic rings. The maximum absolute atomic E-state index is 13.3. The number of hydrogen-bond donors (Lipinski definition) is 1. The van der Waals surface area contributed by atoms with Crippen LogP contribution in [0, 0.1) is 0 Å². The van der Waals surface area contributed by atoms with Crippen LogP contribution in [0.3, 0.4) is 0 Å². The minimum atomic E-state index is -2.28. The number of hydrogen-bond acceptors (Lipinski definition) is 4. The van der Waals surface area contributed by atoms with Gasteiger partial charge in [-0.1, -0.05) is 36.4 Å². The number of quaternary nitrogens is 1. The van der Waals surface area contributed by atoms with Gasteiger partial charge in [0.25, 0.3) is 0 Å². The molecule has 33 heavy (non-hydrogen) atoms. The Balaban J connectivity index is 1.76. The lowest BCUT2D eigenvalue weighted by atomic mass is 10.00. The van der Waals surface area contributed by atoms with Gasteiger partial charge in [-0.25, -0.2) is 9.69 Å². The van der Waals surface area contributed by atoms with Gasteiger partial charge in [0.2, 0.25) is 0 Å². The van der Waals surface area contributed by atoms with Gasteiger partial charge in [-0.15, -0.1) is 0 Å². The van der Waals surface area contributed by atoms with Gasteiger partial charge in [-0.05, 0) is 31.0 Å². The first-order chi connectivity index (χ1) is 15.9. The number of rotatable bonds is 4. The molecule has 1 amide bonds. The number of cyclic esters (lactones) is 1. The minimum Gasteiger partial charge on any atom is -0.444 e. The third-order valence-electron chi connectivity index (χ3n) is 6.83. The average molecular weight is 467 g/mol. The molecule has 0 aromatic heterocycles. The lowest BCUT2D eigenvalue weighted by Crippen LogP contribution is -2.68. The van der Waals surface area contributed by atoms with Gasteiger partial charge >= 0.3 is 17.4 Å². The number of carbonyl (C=O) groups excluding carboxylic acids is 1. The van der Waals surface area contributed by atoms with Crippen molar-refractivity contribution in [3.63, 3.8) is 0 Å². The van der Waals surface area contributed by atoms with Crippen LogP contribution in [0.1, 0.15) is 24.8 Å². The number of benzene rings is 3. The summed E-state index contributed by atoms with van der Waals surface area (Å²) in [4.78, 5) is 16.8. The van der Waals surface area contributed by atoms with E-state index in [4.69, 9.17) is 4.74 Å². The van der Waals surface area contributed by atoms with Crippen LogP contribution in [0.2, 0.25) is 0 Å². The van der Waals surface area contributed by atoms with E-state index in [1.807, 2.05) is 79.7 Å². The second kappa shape index (κ2) is 8.44. The highest BCUT2D eigenvalue weighted by molar-refractivity contribution is 7.78. The van der Waals surface area contributed by atoms with Crippen LogP contribution in [0.25, 0.3) is 10.8 Å². The van der Waals surface area contributed by atoms with Gasteiger partial charge < -0.3 is 9.64 Å². The Labute approximate surface area is 196 Å². The predicted octanol–water partition coefficient (Wildman–Crippen LogP) is 5.02. The number of carbonyl (C=O) groups is 1. The van der Waals surface area contributed by atoms with E-state index in [0.29, 0.717) is 13.0 Å². The van der Waals surface area contributed by atoms with E-state index in [9.17, 15) is 13.6 Å². The van der Waals surface area contributed by atoms with E-state index >= 15 is 0 Å². The molecule has 0 spiro atoms. The molecule has 0 radical (unpaired) electrons. The molecule has 0 saturated carbocycles. The topological polar surface area (TPSA) is 70.1 Å². The Morgan fingerprint density at radius 3 is 2.58 bits per heavy atom. The van der Waals surface area contributed by atoms with Crippen molar-refractivity contribution in [2.24, 2.45) is 0 Å². The summed E-state index contributed by atoms with van der Waals surface area (Å²) in [5, 5.41) is 1.92. The van der Waals surface area contributed by atoms with E-state index in [1.54, 1.807) is 4.90 Å². The molecule has 5 rings (SSSR count). The zero-order valence-electron chi connectivity index (χ0n) is 18.8. The smallest absolute Gasteiger partial charge is 0.419 e. The number of ether oxygens (including phenoxy) is 1. The van der Waals surface area contributed by atoms with E-state index < -0.39 is 23.5 Å². The molecule has 0 bridgehead atoms. The summed E-state index contributed by atoms with van der Waals surface area (Å²) in [6.45, 7) is 0.659. The molecule has 3 aromatic carbocycles. The minimum absolute atomic E-state index is 0.209. The van der Waals surface area contributed by atoms with E-state index in [2.05, 4.69) is 0 Å². The van der Waals surface area contributed by atoms with Gasteiger partial charge in [0.05, 0.1) is 5.69 Å². The lowest BCUT2D eigenvalue weighted by molar-refractivity contribution is 0.127. The van der Waals surface area contributed by atoms with Crippen LogP contribution in [0.15, 0.2) is 60.7 Å². The molecule has 1 N–H and O–H groups in total. The maximum atomic E-state index is 13.3. The highest BCUT2D eigenvalue weighted by atomic mass is 32.2. The number of fused-ring (bicyclic) bond motifs is 2. The van der Waals surface area contributed by atoms with Crippen molar-refractivity contribution in [2.45, 2.75) is 32.0 Å². The highest BCUT2D eigenvalue weighted by Crippen LogP contribution is 2.44. The van der Waals surface area contributed by atoms with Crippen LogP contribution < -0.4 is 13.7 Å². The molecule has 1 saturated heterocycles. The molecule has 2 aliphatic rings. The fourth-order valence-electron chi connectivity index (χ4n) is 5.35. The molecule has 1 fully saturated rings. The Morgan fingerprint density at radius 2 is 1.79 bits per heavy atom. The number of nitrogens with zero attached hydrogens (tertiary/aromatic N) is 3. The average Bonchev–Trinajstić information content (AvgIpc) is 2.83. The third-order valence-corrected chi connectivity index (χ3v) is 8.01. The first-order valence-electron chi connectivity index (χ1n) is 11.2. The monoisotopic (exact) mass is 466 g/mol. The maximum Gasteiger partial charge on any atom is 0.419 e. The molecule has 2 aliphatic heterocycles. The summed E-state index contributed by atoms with van der Waals surface area (Å²) >= 11 is -2.28. The summed E-state index contributed by atoms with van der Waals surface area (Å²) < 4.78 is 29.5. The molecular weight excluding hydrogens is 438 g/mol. The van der Waals surface area contributed by atoms with Crippen molar-refractivity contribution in [1.82, 2.24) is 3.89 Å². The second-order valence-corrected chi connectivity index (χ2v) is 9.94. The van der Waals surface area contributed by atoms with Gasteiger partial charge in [0, 0.05) is 48.6 Å². The van der Waals surface area contributed by atoms with Gasteiger partial charge in [0.1, 0.15) is 13.2 Å². The Hall–Kier alpha value is -2.94. The quantitative estimate of drug-likeness (QED) is 0.432. The summed E-state index contributed by atoms with van der Waals surface area (Å²) in [7, 11) is 3.97. The number of piperidine rings is 1. The van der Waals surface area contributed by atoms with Crippen LogP contribution in [-0.4, -0.2) is 41.7 Å². The molecule has 3 unspecified atom stereocenters. The zero-order chi connectivity index (χ0) is 23.2. The Kier molecular flexibility index (Phi) is 5.60. The van der Waals surface area contributed by atoms with Crippen LogP contribution in [0.4, 0.5) is 21.9 Å². The van der Waals surface area contributed by atoms with Gasteiger partial charge in [-0.3, -0.25) is 4.55 Å². The van der Waals surface area contributed by atoms with Crippen molar-refractivity contribution in [3.05, 3.63) is 66.2 Å². The third kappa shape index (κ3) is 3.40. The Bertz CT molecular complexity index is 1250. The van der Waals surface area contributed by atoms with Crippen molar-refractivity contribution < 1.29 is 18.3 Å². The SMILES string of the molecule is CN(C)c1cccc2c([N+]3(S(=O)O)CCCCC3N3C(=O)OCc4ccccc43)cccc12. The van der Waals surface area contributed by atoms with Crippen molar-refractivity contribution >= 4 is 45.2 Å². The number of anilines is 2. The van der Waals surface area contributed by atoms with Crippen molar-refractivity contribution in [1.29, 1.82) is 0 Å². The van der Waals surface area contributed by atoms with Crippen LogP contribution >= 0.6 is 0 Å². The second-order valence-electron chi connectivity index (χ2n) is 8.82. The largest absolute Gasteiger partial charge is 0.444 e. The predicted molar refractivity (Wildman–Crippen MR) is 132 cm³/mol. The van der Waals surface area contributed by atoms with Gasteiger partial charge in [0.15, 0.2) is 11.9 Å². The highest BCUT2D eigenvalue weighted by Gasteiger charge is 2.54. The molecular formula is C25H28N3O4S+. The molecule has 0 aliphatic carbocycles. The number of para-hydroxylation sites is 1. The first kappa shape index (κ1) is 21.9. The van der Waals surface area contributed by atoms with E-state index in [-0.39, 0.29) is 10.5 Å². The fourth-order valence-corrected chi connectivity index (χ4v) is 6.37.